The second kappa shape index (κ2) is 2.66. The van der Waals surface area contributed by atoms with Crippen LogP contribution >= 0.6 is 0 Å². The smallest absolute Gasteiger partial charge is 0.415 e. The van der Waals surface area contributed by atoms with E-state index in [9.17, 15) is 4.79 Å². The van der Waals surface area contributed by atoms with Crippen molar-refractivity contribution in [1.82, 2.24) is 0 Å². The summed E-state index contributed by atoms with van der Waals surface area (Å²) in [4.78, 5) is 13.2. The molecule has 1 aromatic carbocycles. The minimum atomic E-state index is -0.279. The lowest BCUT2D eigenvalue weighted by Crippen LogP contribution is -2.24. The van der Waals surface area contributed by atoms with Crippen molar-refractivity contribution in [3.8, 4) is 5.75 Å². The number of carbonyl (C=O) groups is 1. The number of phenolic OH excluding ortho intramolecular Hbond substituents is 1. The lowest BCUT2D eigenvalue weighted by atomic mass is 10.2. The molecule has 0 aromatic heterocycles. The van der Waals surface area contributed by atoms with Gasteiger partial charge in [0.2, 0.25) is 0 Å². The van der Waals surface area contributed by atoms with Crippen molar-refractivity contribution in [2.45, 2.75) is 18.4 Å². The van der Waals surface area contributed by atoms with Crippen molar-refractivity contribution in [3.63, 3.8) is 0 Å². The Kier molecular flexibility index (Phi) is 1.52. The minimum absolute atomic E-state index is 0.199. The van der Waals surface area contributed by atoms with E-state index in [4.69, 9.17) is 9.84 Å². The van der Waals surface area contributed by atoms with Gasteiger partial charge in [-0.05, 0) is 37.1 Å². The molecule has 0 bridgehead atoms. The highest BCUT2D eigenvalue weighted by Crippen LogP contribution is 2.45. The number of aromatic hydroxyl groups is 1. The van der Waals surface area contributed by atoms with Gasteiger partial charge in [0.15, 0.2) is 0 Å². The fourth-order valence-corrected chi connectivity index (χ4v) is 1.85. The predicted molar refractivity (Wildman–Crippen MR) is 53.9 cm³/mol. The van der Waals surface area contributed by atoms with E-state index in [1.54, 1.807) is 29.2 Å². The quantitative estimate of drug-likeness (QED) is 0.761. The maximum Gasteiger partial charge on any atom is 0.415 e. The van der Waals surface area contributed by atoms with Crippen LogP contribution in [-0.2, 0) is 4.74 Å². The van der Waals surface area contributed by atoms with E-state index < -0.39 is 0 Å². The normalized spacial score (nSPS) is 21.9. The highest BCUT2D eigenvalue weighted by Gasteiger charge is 2.54. The van der Waals surface area contributed by atoms with Crippen molar-refractivity contribution < 1.29 is 14.6 Å². The fourth-order valence-electron chi connectivity index (χ4n) is 1.85. The number of hydrogen-bond donors (Lipinski definition) is 1. The summed E-state index contributed by atoms with van der Waals surface area (Å²) >= 11 is 0. The standard InChI is InChI=1S/C11H11NO3/c13-9-3-1-8(2-4-9)12-7-11(5-6-11)15-10(12)14/h1-4,13H,5-7H2. The molecule has 2 fully saturated rings. The number of ether oxygens (including phenoxy) is 1. The Hall–Kier alpha value is -1.71. The van der Waals surface area contributed by atoms with Crippen LogP contribution in [0.5, 0.6) is 5.75 Å². The maximum atomic E-state index is 11.6. The average molecular weight is 205 g/mol. The van der Waals surface area contributed by atoms with Gasteiger partial charge in [-0.1, -0.05) is 0 Å². The number of amides is 1. The van der Waals surface area contributed by atoms with Gasteiger partial charge in [-0.15, -0.1) is 0 Å². The van der Waals surface area contributed by atoms with Crippen LogP contribution in [0.15, 0.2) is 24.3 Å². The Morgan fingerprint density at radius 1 is 1.27 bits per heavy atom. The Labute approximate surface area is 87.1 Å². The number of rotatable bonds is 1. The molecule has 0 atom stereocenters. The molecule has 78 valence electrons. The van der Waals surface area contributed by atoms with Crippen molar-refractivity contribution >= 4 is 11.8 Å². The van der Waals surface area contributed by atoms with E-state index in [2.05, 4.69) is 0 Å². The number of nitrogens with zero attached hydrogens (tertiary/aromatic N) is 1. The van der Waals surface area contributed by atoms with Crippen molar-refractivity contribution in [2.24, 2.45) is 0 Å². The second-order valence-corrected chi connectivity index (χ2v) is 4.15. The molecule has 1 saturated carbocycles. The topological polar surface area (TPSA) is 49.8 Å². The van der Waals surface area contributed by atoms with E-state index in [0.29, 0.717) is 6.54 Å². The molecule has 4 nitrogen and oxygen atoms in total. The van der Waals surface area contributed by atoms with Gasteiger partial charge in [0.05, 0.1) is 6.54 Å². The van der Waals surface area contributed by atoms with E-state index in [0.717, 1.165) is 18.5 Å². The van der Waals surface area contributed by atoms with E-state index in [1.165, 1.54) is 0 Å². The summed E-state index contributed by atoms with van der Waals surface area (Å²) in [5, 5.41) is 9.15. The van der Waals surface area contributed by atoms with Gasteiger partial charge in [0, 0.05) is 5.69 Å². The number of anilines is 1. The molecule has 1 heterocycles. The fraction of sp³-hybridized carbons (Fsp3) is 0.364. The highest BCUT2D eigenvalue weighted by atomic mass is 16.6. The molecule has 1 saturated heterocycles. The molecule has 1 aliphatic heterocycles. The van der Waals surface area contributed by atoms with Gasteiger partial charge < -0.3 is 9.84 Å². The van der Waals surface area contributed by atoms with E-state index in [-0.39, 0.29) is 17.4 Å². The first kappa shape index (κ1) is 8.59. The summed E-state index contributed by atoms with van der Waals surface area (Å²) in [6.45, 7) is 0.636. The molecule has 2 aliphatic rings. The van der Waals surface area contributed by atoms with Crippen LogP contribution in [-0.4, -0.2) is 23.3 Å². The Morgan fingerprint density at radius 2 is 1.93 bits per heavy atom. The van der Waals surface area contributed by atoms with Gasteiger partial charge in [-0.2, -0.15) is 0 Å². The third kappa shape index (κ3) is 1.33. The molecule has 1 aromatic rings. The van der Waals surface area contributed by atoms with Crippen molar-refractivity contribution in [1.29, 1.82) is 0 Å². The molecule has 3 rings (SSSR count). The largest absolute Gasteiger partial charge is 0.508 e. The van der Waals surface area contributed by atoms with Crippen LogP contribution in [0.3, 0.4) is 0 Å². The lowest BCUT2D eigenvalue weighted by molar-refractivity contribution is 0.129. The monoisotopic (exact) mass is 205 g/mol. The predicted octanol–water partition coefficient (Wildman–Crippen LogP) is 1.88. The van der Waals surface area contributed by atoms with Crippen LogP contribution < -0.4 is 4.90 Å². The minimum Gasteiger partial charge on any atom is -0.508 e. The molecule has 0 radical (unpaired) electrons. The molecular weight excluding hydrogens is 194 g/mol. The van der Waals surface area contributed by atoms with Crippen LogP contribution in [0.25, 0.3) is 0 Å². The molecule has 1 spiro atoms. The Balaban J connectivity index is 1.88. The zero-order valence-electron chi connectivity index (χ0n) is 8.14. The van der Waals surface area contributed by atoms with E-state index >= 15 is 0 Å². The van der Waals surface area contributed by atoms with Gasteiger partial charge >= 0.3 is 6.09 Å². The summed E-state index contributed by atoms with van der Waals surface area (Å²) in [5.41, 5.74) is 0.580. The lowest BCUT2D eigenvalue weighted by Gasteiger charge is -2.12. The average Bonchev–Trinajstić information content (AvgIpc) is 2.87. The number of phenols is 1. The molecule has 1 amide bonds. The molecule has 0 unspecified atom stereocenters. The first-order chi connectivity index (χ1) is 7.19. The summed E-state index contributed by atoms with van der Waals surface area (Å²) in [5.74, 6) is 0.201. The third-order valence-electron chi connectivity index (χ3n) is 2.94. The van der Waals surface area contributed by atoms with Gasteiger partial charge in [0.25, 0.3) is 0 Å². The zero-order valence-corrected chi connectivity index (χ0v) is 8.14. The third-order valence-corrected chi connectivity index (χ3v) is 2.94. The summed E-state index contributed by atoms with van der Waals surface area (Å²) in [6.07, 6.45) is 1.65. The van der Waals surface area contributed by atoms with Gasteiger partial charge in [-0.25, -0.2) is 4.79 Å². The maximum absolute atomic E-state index is 11.6. The van der Waals surface area contributed by atoms with Crippen LogP contribution in [0.4, 0.5) is 10.5 Å². The summed E-state index contributed by atoms with van der Waals surface area (Å²) < 4.78 is 5.28. The van der Waals surface area contributed by atoms with Gasteiger partial charge in [-0.3, -0.25) is 4.90 Å². The van der Waals surface area contributed by atoms with E-state index in [1.807, 2.05) is 0 Å². The first-order valence-corrected chi connectivity index (χ1v) is 4.98. The Morgan fingerprint density at radius 3 is 2.47 bits per heavy atom. The molecule has 1 N–H and O–H groups in total. The SMILES string of the molecule is O=C1OC2(CC2)CN1c1ccc(O)cc1. The molecule has 1 aliphatic carbocycles. The first-order valence-electron chi connectivity index (χ1n) is 4.98. The zero-order chi connectivity index (χ0) is 10.5. The highest BCUT2D eigenvalue weighted by molar-refractivity contribution is 5.90. The summed E-state index contributed by atoms with van der Waals surface area (Å²) in [7, 11) is 0. The molecule has 15 heavy (non-hydrogen) atoms. The molecule has 4 heteroatoms. The number of hydrogen-bond acceptors (Lipinski definition) is 3. The van der Waals surface area contributed by atoms with Gasteiger partial charge in [0.1, 0.15) is 11.4 Å². The van der Waals surface area contributed by atoms with Crippen molar-refractivity contribution in [3.05, 3.63) is 24.3 Å². The van der Waals surface area contributed by atoms with Crippen LogP contribution in [0.2, 0.25) is 0 Å². The van der Waals surface area contributed by atoms with Crippen LogP contribution in [0, 0.1) is 0 Å². The second-order valence-electron chi connectivity index (χ2n) is 4.15. The molecular formula is C11H11NO3. The number of benzene rings is 1. The number of carbonyl (C=O) groups excluding carboxylic acids is 1. The Bertz CT molecular complexity index is 408. The van der Waals surface area contributed by atoms with Crippen LogP contribution in [0.1, 0.15) is 12.8 Å². The van der Waals surface area contributed by atoms with Crippen molar-refractivity contribution in [2.75, 3.05) is 11.4 Å². The summed E-state index contributed by atoms with van der Waals surface area (Å²) in [6, 6.07) is 6.58.